The zero-order valence-corrected chi connectivity index (χ0v) is 12.4. The predicted molar refractivity (Wildman–Crippen MR) is 76.7 cm³/mol. The molecule has 1 fully saturated rings. The van der Waals surface area contributed by atoms with Crippen LogP contribution < -0.4 is 9.47 Å². The number of hydrogen-bond donors (Lipinski definition) is 0. The SMILES string of the molecule is CC1(C)C=C(N2CCCC2=O)c2cc(OC(F)F)ccc2O1. The molecule has 22 heavy (non-hydrogen) atoms. The van der Waals surface area contributed by atoms with Crippen molar-refractivity contribution in [3.63, 3.8) is 0 Å². The molecule has 4 nitrogen and oxygen atoms in total. The smallest absolute Gasteiger partial charge is 0.387 e. The maximum absolute atomic E-state index is 12.4. The third-order valence-electron chi connectivity index (χ3n) is 3.67. The number of benzene rings is 1. The van der Waals surface area contributed by atoms with Gasteiger partial charge in [0.05, 0.1) is 5.70 Å². The molecule has 1 saturated heterocycles. The average Bonchev–Trinajstić information content (AvgIpc) is 2.83. The van der Waals surface area contributed by atoms with Gasteiger partial charge < -0.3 is 14.4 Å². The second-order valence-corrected chi connectivity index (χ2v) is 5.92. The highest BCUT2D eigenvalue weighted by molar-refractivity contribution is 5.90. The minimum atomic E-state index is -2.89. The Balaban J connectivity index is 2.04. The van der Waals surface area contributed by atoms with Crippen LogP contribution in [0.5, 0.6) is 11.5 Å². The lowest BCUT2D eigenvalue weighted by molar-refractivity contribution is -0.125. The normalized spacial score (nSPS) is 19.8. The van der Waals surface area contributed by atoms with Crippen molar-refractivity contribution in [3.05, 3.63) is 29.8 Å². The summed E-state index contributed by atoms with van der Waals surface area (Å²) < 4.78 is 35.1. The number of hydrogen-bond acceptors (Lipinski definition) is 3. The number of nitrogens with zero attached hydrogens (tertiary/aromatic N) is 1. The van der Waals surface area contributed by atoms with Gasteiger partial charge in [0, 0.05) is 18.5 Å². The molecule has 0 saturated carbocycles. The van der Waals surface area contributed by atoms with Gasteiger partial charge in [-0.25, -0.2) is 0 Å². The van der Waals surface area contributed by atoms with E-state index in [0.29, 0.717) is 30.0 Å². The van der Waals surface area contributed by atoms with Gasteiger partial charge in [-0.05, 0) is 44.5 Å². The van der Waals surface area contributed by atoms with E-state index in [0.717, 1.165) is 6.42 Å². The van der Waals surface area contributed by atoms with Crippen molar-refractivity contribution in [2.75, 3.05) is 6.54 Å². The largest absolute Gasteiger partial charge is 0.483 e. The van der Waals surface area contributed by atoms with E-state index >= 15 is 0 Å². The summed E-state index contributed by atoms with van der Waals surface area (Å²) in [7, 11) is 0. The molecule has 0 spiro atoms. The number of halogens is 2. The highest BCUT2D eigenvalue weighted by atomic mass is 19.3. The van der Waals surface area contributed by atoms with Crippen LogP contribution in [0.2, 0.25) is 0 Å². The van der Waals surface area contributed by atoms with Crippen LogP contribution in [0, 0.1) is 0 Å². The van der Waals surface area contributed by atoms with E-state index in [4.69, 9.17) is 4.74 Å². The van der Waals surface area contributed by atoms with Gasteiger partial charge in [0.25, 0.3) is 0 Å². The summed E-state index contributed by atoms with van der Waals surface area (Å²) >= 11 is 0. The monoisotopic (exact) mass is 309 g/mol. The fourth-order valence-corrected chi connectivity index (χ4v) is 2.82. The Hall–Kier alpha value is -2.11. The lowest BCUT2D eigenvalue weighted by Gasteiger charge is -2.34. The van der Waals surface area contributed by atoms with Crippen LogP contribution in [0.1, 0.15) is 32.3 Å². The molecule has 1 amide bonds. The molecule has 0 N–H and O–H groups in total. The fourth-order valence-electron chi connectivity index (χ4n) is 2.82. The van der Waals surface area contributed by atoms with E-state index in [1.54, 1.807) is 11.0 Å². The van der Waals surface area contributed by atoms with Crippen LogP contribution in [0.15, 0.2) is 24.3 Å². The maximum Gasteiger partial charge on any atom is 0.387 e. The lowest BCUT2D eigenvalue weighted by Crippen LogP contribution is -2.34. The molecular weight excluding hydrogens is 292 g/mol. The number of carbonyl (C=O) groups is 1. The second-order valence-electron chi connectivity index (χ2n) is 5.92. The Morgan fingerprint density at radius 3 is 2.77 bits per heavy atom. The fraction of sp³-hybridized carbons (Fsp3) is 0.438. The number of amides is 1. The zero-order valence-electron chi connectivity index (χ0n) is 12.4. The van der Waals surface area contributed by atoms with Crippen molar-refractivity contribution in [2.45, 2.75) is 38.9 Å². The van der Waals surface area contributed by atoms with Gasteiger partial charge in [0.15, 0.2) is 0 Å². The topological polar surface area (TPSA) is 38.8 Å². The lowest BCUT2D eigenvalue weighted by atomic mass is 9.98. The predicted octanol–water partition coefficient (Wildman–Crippen LogP) is 3.42. The van der Waals surface area contributed by atoms with E-state index in [9.17, 15) is 13.6 Å². The van der Waals surface area contributed by atoms with E-state index < -0.39 is 12.2 Å². The molecule has 0 bridgehead atoms. The van der Waals surface area contributed by atoms with Gasteiger partial charge in [-0.15, -0.1) is 0 Å². The maximum atomic E-state index is 12.4. The molecule has 1 aromatic rings. The summed E-state index contributed by atoms with van der Waals surface area (Å²) in [6.07, 6.45) is 3.14. The molecule has 0 aliphatic carbocycles. The van der Waals surface area contributed by atoms with Gasteiger partial charge >= 0.3 is 6.61 Å². The first-order valence-electron chi connectivity index (χ1n) is 7.17. The van der Waals surface area contributed by atoms with Crippen molar-refractivity contribution < 1.29 is 23.0 Å². The number of likely N-dealkylation sites (tertiary alicyclic amines) is 1. The zero-order chi connectivity index (χ0) is 15.9. The number of ether oxygens (including phenoxy) is 2. The van der Waals surface area contributed by atoms with Crippen LogP contribution >= 0.6 is 0 Å². The molecule has 0 atom stereocenters. The molecule has 2 aliphatic heterocycles. The molecule has 0 unspecified atom stereocenters. The van der Waals surface area contributed by atoms with Crippen LogP contribution in [0.25, 0.3) is 5.70 Å². The quantitative estimate of drug-likeness (QED) is 0.859. The Morgan fingerprint density at radius 1 is 1.36 bits per heavy atom. The van der Waals surface area contributed by atoms with E-state index in [1.165, 1.54) is 12.1 Å². The molecular formula is C16H17F2NO3. The van der Waals surface area contributed by atoms with Crippen molar-refractivity contribution in [1.82, 2.24) is 4.90 Å². The highest BCUT2D eigenvalue weighted by Gasteiger charge is 2.33. The number of alkyl halides is 2. The summed E-state index contributed by atoms with van der Waals surface area (Å²) in [5.41, 5.74) is 0.734. The summed E-state index contributed by atoms with van der Waals surface area (Å²) in [6, 6.07) is 4.53. The molecule has 0 radical (unpaired) electrons. The van der Waals surface area contributed by atoms with Crippen molar-refractivity contribution >= 4 is 11.6 Å². The first-order chi connectivity index (χ1) is 10.4. The first-order valence-corrected chi connectivity index (χ1v) is 7.17. The van der Waals surface area contributed by atoms with Crippen LogP contribution in [-0.4, -0.2) is 29.6 Å². The summed E-state index contributed by atoms with van der Waals surface area (Å²) in [4.78, 5) is 13.7. The van der Waals surface area contributed by atoms with Gasteiger partial charge in [0.2, 0.25) is 5.91 Å². The van der Waals surface area contributed by atoms with E-state index in [-0.39, 0.29) is 11.7 Å². The standard InChI is InChI=1S/C16H17F2NO3/c1-16(2)9-12(19-7-3-4-14(19)20)11-8-10(21-15(17)18)5-6-13(11)22-16/h5-6,8-9,15H,3-4,7H2,1-2H3. The molecule has 118 valence electrons. The number of fused-ring (bicyclic) bond motifs is 1. The van der Waals surface area contributed by atoms with Crippen molar-refractivity contribution in [2.24, 2.45) is 0 Å². The third kappa shape index (κ3) is 2.77. The van der Waals surface area contributed by atoms with Crippen molar-refractivity contribution in [1.29, 1.82) is 0 Å². The Bertz CT molecular complexity index is 640. The Labute approximate surface area is 127 Å². The minimum Gasteiger partial charge on any atom is -0.483 e. The summed E-state index contributed by atoms with van der Waals surface area (Å²) in [6.45, 7) is 1.51. The summed E-state index contributed by atoms with van der Waals surface area (Å²) in [5.74, 6) is 0.647. The summed E-state index contributed by atoms with van der Waals surface area (Å²) in [5, 5.41) is 0. The molecule has 6 heteroatoms. The minimum absolute atomic E-state index is 0.0371. The molecule has 1 aromatic carbocycles. The van der Waals surface area contributed by atoms with Crippen LogP contribution in [0.4, 0.5) is 8.78 Å². The van der Waals surface area contributed by atoms with Gasteiger partial charge in [-0.3, -0.25) is 4.79 Å². The number of carbonyl (C=O) groups excluding carboxylic acids is 1. The van der Waals surface area contributed by atoms with Crippen molar-refractivity contribution in [3.8, 4) is 11.5 Å². The third-order valence-corrected chi connectivity index (χ3v) is 3.67. The van der Waals surface area contributed by atoms with E-state index in [1.807, 2.05) is 19.9 Å². The Kier molecular flexibility index (Phi) is 3.54. The molecule has 2 heterocycles. The molecule has 2 aliphatic rings. The highest BCUT2D eigenvalue weighted by Crippen LogP contribution is 2.41. The van der Waals surface area contributed by atoms with E-state index in [2.05, 4.69) is 4.74 Å². The molecule has 0 aromatic heterocycles. The average molecular weight is 309 g/mol. The van der Waals surface area contributed by atoms with Gasteiger partial charge in [-0.2, -0.15) is 8.78 Å². The first kappa shape index (κ1) is 14.8. The van der Waals surface area contributed by atoms with Gasteiger partial charge in [-0.1, -0.05) is 0 Å². The van der Waals surface area contributed by atoms with Crippen LogP contribution in [0.3, 0.4) is 0 Å². The number of rotatable bonds is 3. The van der Waals surface area contributed by atoms with Gasteiger partial charge in [0.1, 0.15) is 17.1 Å². The second kappa shape index (κ2) is 5.26. The Morgan fingerprint density at radius 2 is 2.14 bits per heavy atom. The molecule has 3 rings (SSSR count). The van der Waals surface area contributed by atoms with Crippen LogP contribution in [-0.2, 0) is 4.79 Å².